The van der Waals surface area contributed by atoms with E-state index in [4.69, 9.17) is 0 Å². The molecule has 1 N–H and O–H groups in total. The van der Waals surface area contributed by atoms with Crippen molar-refractivity contribution in [1.82, 2.24) is 20.1 Å². The van der Waals surface area contributed by atoms with Crippen molar-refractivity contribution < 1.29 is 0 Å². The van der Waals surface area contributed by atoms with E-state index in [2.05, 4.69) is 33.6 Å². The first-order valence-corrected chi connectivity index (χ1v) is 5.58. The first-order chi connectivity index (χ1) is 7.31. The molecule has 1 atom stereocenters. The monoisotopic (exact) mass is 206 g/mol. The molecular weight excluding hydrogens is 188 g/mol. The molecule has 1 unspecified atom stereocenters. The topological polar surface area (TPSA) is 42.7 Å². The fourth-order valence-electron chi connectivity index (χ4n) is 1.83. The van der Waals surface area contributed by atoms with E-state index in [0.717, 1.165) is 31.2 Å². The maximum absolute atomic E-state index is 4.22. The number of aromatic nitrogens is 3. The van der Waals surface area contributed by atoms with Crippen LogP contribution >= 0.6 is 0 Å². The quantitative estimate of drug-likeness (QED) is 0.755. The van der Waals surface area contributed by atoms with Gasteiger partial charge in [0.1, 0.15) is 11.6 Å². The van der Waals surface area contributed by atoms with Crippen molar-refractivity contribution in [2.45, 2.75) is 45.3 Å². The van der Waals surface area contributed by atoms with E-state index in [9.17, 15) is 0 Å². The van der Waals surface area contributed by atoms with Gasteiger partial charge >= 0.3 is 0 Å². The Kier molecular flexibility index (Phi) is 3.16. The maximum atomic E-state index is 4.22. The maximum Gasteiger partial charge on any atom is 0.147 e. The number of nitrogens with zero attached hydrogens (tertiary/aromatic N) is 3. The lowest BCUT2D eigenvalue weighted by Gasteiger charge is -2.15. The Morgan fingerprint density at radius 1 is 1.53 bits per heavy atom. The zero-order valence-electron chi connectivity index (χ0n) is 9.24. The van der Waals surface area contributed by atoms with Crippen molar-refractivity contribution >= 4 is 0 Å². The van der Waals surface area contributed by atoms with Gasteiger partial charge in [-0.15, -0.1) is 16.8 Å². The number of hydrogen-bond donors (Lipinski definition) is 1. The fraction of sp³-hybridized carbons (Fsp3) is 0.636. The van der Waals surface area contributed by atoms with Gasteiger partial charge in [0.15, 0.2) is 0 Å². The minimum absolute atomic E-state index is 0.321. The Morgan fingerprint density at radius 3 is 3.20 bits per heavy atom. The Bertz CT molecular complexity index is 342. The Labute approximate surface area is 90.4 Å². The molecule has 2 heterocycles. The third-order valence-electron chi connectivity index (χ3n) is 2.87. The SMILES string of the molecule is C=CC(C)NCc1nnc2n1CCCC2. The molecule has 4 heteroatoms. The summed E-state index contributed by atoms with van der Waals surface area (Å²) in [5, 5.41) is 11.8. The molecule has 0 saturated heterocycles. The van der Waals surface area contributed by atoms with E-state index < -0.39 is 0 Å². The van der Waals surface area contributed by atoms with E-state index in [1.165, 1.54) is 12.8 Å². The third-order valence-corrected chi connectivity index (χ3v) is 2.87. The number of hydrogen-bond acceptors (Lipinski definition) is 3. The average molecular weight is 206 g/mol. The first-order valence-electron chi connectivity index (χ1n) is 5.58. The van der Waals surface area contributed by atoms with Gasteiger partial charge in [0.2, 0.25) is 0 Å². The largest absolute Gasteiger partial charge is 0.314 e. The molecule has 0 amide bonds. The van der Waals surface area contributed by atoms with E-state index in [1.807, 2.05) is 6.08 Å². The second-order valence-electron chi connectivity index (χ2n) is 4.05. The van der Waals surface area contributed by atoms with Crippen LogP contribution < -0.4 is 5.32 Å². The summed E-state index contributed by atoms with van der Waals surface area (Å²) in [5.74, 6) is 2.20. The molecule has 0 saturated carbocycles. The number of rotatable bonds is 4. The minimum Gasteiger partial charge on any atom is -0.314 e. The lowest BCUT2D eigenvalue weighted by atomic mass is 10.2. The smallest absolute Gasteiger partial charge is 0.147 e. The number of nitrogens with one attached hydrogen (secondary N) is 1. The summed E-state index contributed by atoms with van der Waals surface area (Å²) in [7, 11) is 0. The molecule has 0 aliphatic carbocycles. The molecule has 0 bridgehead atoms. The normalized spacial score (nSPS) is 17.1. The summed E-state index contributed by atoms with van der Waals surface area (Å²) in [4.78, 5) is 0. The van der Waals surface area contributed by atoms with Crippen LogP contribution in [0, 0.1) is 0 Å². The van der Waals surface area contributed by atoms with E-state index in [-0.39, 0.29) is 0 Å². The molecule has 0 aromatic carbocycles. The van der Waals surface area contributed by atoms with Crippen LogP contribution in [0.4, 0.5) is 0 Å². The van der Waals surface area contributed by atoms with Gasteiger partial charge in [-0.05, 0) is 19.8 Å². The van der Waals surface area contributed by atoms with Gasteiger partial charge in [-0.25, -0.2) is 0 Å². The highest BCUT2D eigenvalue weighted by Crippen LogP contribution is 2.13. The summed E-state index contributed by atoms with van der Waals surface area (Å²) < 4.78 is 2.24. The molecule has 4 nitrogen and oxygen atoms in total. The van der Waals surface area contributed by atoms with Gasteiger partial charge in [-0.2, -0.15) is 0 Å². The van der Waals surface area contributed by atoms with Crippen molar-refractivity contribution in [3.63, 3.8) is 0 Å². The average Bonchev–Trinajstić information content (AvgIpc) is 2.69. The summed E-state index contributed by atoms with van der Waals surface area (Å²) >= 11 is 0. The van der Waals surface area contributed by atoms with Gasteiger partial charge in [0.25, 0.3) is 0 Å². The van der Waals surface area contributed by atoms with Gasteiger partial charge in [0, 0.05) is 19.0 Å². The van der Waals surface area contributed by atoms with Crippen LogP contribution in [-0.2, 0) is 19.5 Å². The van der Waals surface area contributed by atoms with Crippen LogP contribution in [0.2, 0.25) is 0 Å². The van der Waals surface area contributed by atoms with Crippen molar-refractivity contribution in [2.24, 2.45) is 0 Å². The predicted octanol–water partition coefficient (Wildman–Crippen LogP) is 1.28. The van der Waals surface area contributed by atoms with Crippen molar-refractivity contribution in [1.29, 1.82) is 0 Å². The van der Waals surface area contributed by atoms with Crippen molar-refractivity contribution in [2.75, 3.05) is 0 Å². The summed E-state index contributed by atoms with van der Waals surface area (Å²) in [6.45, 7) is 7.68. The molecular formula is C11H18N4. The van der Waals surface area contributed by atoms with E-state index in [0.29, 0.717) is 6.04 Å². The standard InChI is InChI=1S/C11H18N4/c1-3-9(2)12-8-11-14-13-10-6-4-5-7-15(10)11/h3,9,12H,1,4-8H2,2H3. The van der Waals surface area contributed by atoms with Crippen molar-refractivity contribution in [3.8, 4) is 0 Å². The molecule has 1 aromatic rings. The zero-order chi connectivity index (χ0) is 10.7. The molecule has 1 aromatic heterocycles. The number of fused-ring (bicyclic) bond motifs is 1. The van der Waals surface area contributed by atoms with E-state index in [1.54, 1.807) is 0 Å². The summed E-state index contributed by atoms with van der Waals surface area (Å²) in [6, 6.07) is 0.321. The molecule has 0 radical (unpaired) electrons. The van der Waals surface area contributed by atoms with E-state index >= 15 is 0 Å². The van der Waals surface area contributed by atoms with Crippen LogP contribution in [-0.4, -0.2) is 20.8 Å². The van der Waals surface area contributed by atoms with Crippen LogP contribution in [0.25, 0.3) is 0 Å². The second kappa shape index (κ2) is 4.57. The Morgan fingerprint density at radius 2 is 2.40 bits per heavy atom. The summed E-state index contributed by atoms with van der Waals surface area (Å²) in [5.41, 5.74) is 0. The molecule has 82 valence electrons. The molecule has 15 heavy (non-hydrogen) atoms. The van der Waals surface area contributed by atoms with Crippen molar-refractivity contribution in [3.05, 3.63) is 24.3 Å². The molecule has 0 fully saturated rings. The highest BCUT2D eigenvalue weighted by molar-refractivity contribution is 4.99. The van der Waals surface area contributed by atoms with Gasteiger partial charge in [-0.3, -0.25) is 0 Å². The Balaban J connectivity index is 2.02. The lowest BCUT2D eigenvalue weighted by Crippen LogP contribution is -2.25. The molecule has 2 rings (SSSR count). The van der Waals surface area contributed by atoms with Gasteiger partial charge < -0.3 is 9.88 Å². The minimum atomic E-state index is 0.321. The second-order valence-corrected chi connectivity index (χ2v) is 4.05. The third kappa shape index (κ3) is 2.26. The molecule has 0 spiro atoms. The van der Waals surface area contributed by atoms with Gasteiger partial charge in [0.05, 0.1) is 6.54 Å². The zero-order valence-corrected chi connectivity index (χ0v) is 9.24. The van der Waals surface area contributed by atoms with Crippen LogP contribution in [0.5, 0.6) is 0 Å². The van der Waals surface area contributed by atoms with Crippen LogP contribution in [0.15, 0.2) is 12.7 Å². The summed E-state index contributed by atoms with van der Waals surface area (Å²) in [6.07, 6.45) is 5.46. The number of aryl methyl sites for hydroxylation is 1. The highest BCUT2D eigenvalue weighted by Gasteiger charge is 2.15. The van der Waals surface area contributed by atoms with Crippen LogP contribution in [0.1, 0.15) is 31.4 Å². The Hall–Kier alpha value is -1.16. The molecule has 1 aliphatic rings. The molecule has 1 aliphatic heterocycles. The predicted molar refractivity (Wildman–Crippen MR) is 59.5 cm³/mol. The fourth-order valence-corrected chi connectivity index (χ4v) is 1.83. The highest BCUT2D eigenvalue weighted by atomic mass is 15.3. The van der Waals surface area contributed by atoms with Gasteiger partial charge in [-0.1, -0.05) is 6.08 Å². The lowest BCUT2D eigenvalue weighted by molar-refractivity contribution is 0.493. The van der Waals surface area contributed by atoms with Crippen LogP contribution in [0.3, 0.4) is 0 Å². The first kappa shape index (κ1) is 10.4.